The van der Waals surface area contributed by atoms with Crippen LogP contribution in [0.15, 0.2) is 0 Å². The molecule has 6 saturated carbocycles. The van der Waals surface area contributed by atoms with Gasteiger partial charge in [0.2, 0.25) is 0 Å². The molecule has 0 aromatic carbocycles. The predicted octanol–water partition coefficient (Wildman–Crippen LogP) is 9.33. The van der Waals surface area contributed by atoms with Crippen molar-refractivity contribution in [3.05, 3.63) is 0 Å². The van der Waals surface area contributed by atoms with Crippen molar-refractivity contribution in [1.82, 2.24) is 0 Å². The van der Waals surface area contributed by atoms with Gasteiger partial charge in [-0.15, -0.1) is 0 Å². The predicted molar refractivity (Wildman–Crippen MR) is 260 cm³/mol. The van der Waals surface area contributed by atoms with Gasteiger partial charge in [0.15, 0.2) is 0 Å². The summed E-state index contributed by atoms with van der Waals surface area (Å²) in [5.41, 5.74) is 0. The van der Waals surface area contributed by atoms with E-state index in [0.717, 1.165) is 223 Å². The topological polar surface area (TPSA) is 102 Å². The Bertz CT molecular complexity index is 1070. The van der Waals surface area contributed by atoms with E-state index < -0.39 is 64.8 Å². The summed E-state index contributed by atoms with van der Waals surface area (Å²) >= 11 is 0. The summed E-state index contributed by atoms with van der Waals surface area (Å²) in [6.07, 6.45) is 27.3. The number of rotatable bonds is 0. The fourth-order valence-corrected chi connectivity index (χ4v) is 24.1. The largest absolute Gasteiger partial charge is 0.260 e. The van der Waals surface area contributed by atoms with Gasteiger partial charge >= 0.3 is 0 Å². The summed E-state index contributed by atoms with van der Waals surface area (Å²) < 4.78 is 79.8. The maximum Gasteiger partial charge on any atom is 0.0263 e. The van der Waals surface area contributed by atoms with Crippen molar-refractivity contribution in [2.24, 2.45) is 71.0 Å². The normalized spacial score (nSPS) is 47.0. The molecule has 0 aromatic rings. The Balaban J connectivity index is 0.856. The number of hydrogen-bond donors (Lipinski definition) is 0. The molecule has 16 fully saturated rings. The molecule has 0 atom stereocenters. The van der Waals surface area contributed by atoms with Crippen molar-refractivity contribution < 1.29 is 25.3 Å². The van der Waals surface area contributed by atoms with Crippen LogP contribution in [-0.2, 0) is 64.8 Å². The molecule has 348 valence electrons. The Morgan fingerprint density at radius 3 is 0.283 bits per heavy atom. The minimum absolute atomic E-state index is 0.554. The van der Waals surface area contributed by atoms with Gasteiger partial charge in [-0.3, -0.25) is 25.3 Å². The minimum Gasteiger partial charge on any atom is -0.260 e. The smallest absolute Gasteiger partial charge is 0.0263 e. The van der Waals surface area contributed by atoms with Crippen molar-refractivity contribution in [3.8, 4) is 0 Å². The Morgan fingerprint density at radius 1 is 0.150 bits per heavy atom. The van der Waals surface area contributed by atoms with Crippen LogP contribution in [0.4, 0.5) is 0 Å². The van der Waals surface area contributed by atoms with Gasteiger partial charge in [0.05, 0.1) is 0 Å². The van der Waals surface area contributed by atoms with Gasteiger partial charge < -0.3 is 0 Å². The van der Waals surface area contributed by atoms with Gasteiger partial charge in [0, 0.05) is 134 Å². The molecule has 10 saturated heterocycles. The van der Waals surface area contributed by atoms with Gasteiger partial charge in [-0.2, -0.15) is 0 Å². The molecule has 0 amide bonds. The highest BCUT2D eigenvalue weighted by atomic mass is 32.2. The summed E-state index contributed by atoms with van der Waals surface area (Å²) in [4.78, 5) is 0. The third-order valence-corrected chi connectivity index (χ3v) is 27.0. The van der Waals surface area contributed by atoms with E-state index in [1.165, 1.54) is 0 Å². The molecule has 0 aromatic heterocycles. The first-order chi connectivity index (χ1) is 29.1. The average Bonchev–Trinajstić information content (AvgIpc) is 3.22. The van der Waals surface area contributed by atoms with Crippen LogP contribution >= 0.6 is 0 Å². The van der Waals surface area contributed by atoms with E-state index in [-0.39, 0.29) is 0 Å². The van der Waals surface area contributed by atoms with E-state index in [0.29, 0.717) is 71.0 Å². The fraction of sp³-hybridized carbons (Fsp3) is 1.00. The summed E-state index contributed by atoms with van der Waals surface area (Å²) in [7, 11) is -4.54. The van der Waals surface area contributed by atoms with Crippen LogP contribution < -0.4 is 0 Å². The second kappa shape index (κ2) is 25.1. The maximum atomic E-state index is 13.3. The second-order valence-corrected chi connectivity index (χ2v) is 31.2. The van der Waals surface area contributed by atoms with Crippen molar-refractivity contribution in [2.75, 3.05) is 69.0 Å². The fourth-order valence-electron chi connectivity index (χ4n) is 13.0. The standard InChI is InChI=1S/C48H84O6S6/c49-55-25-37-1-2-38(4-3-37)26-56(50)28-40-9-11-42(12-10-40)30-58(52)32-44-17-19-46(20-18-44)34-60(54)36-48-23-21-47(22-24-48)35-59(53)33-45-15-13-43(14-16-45)31-57(51)29-41-7-5-39(27-55)6-8-41/h37-48H,1-36H2. The Kier molecular flexibility index (Phi) is 20.5. The highest BCUT2D eigenvalue weighted by Crippen LogP contribution is 2.37. The zero-order chi connectivity index (χ0) is 41.8. The lowest BCUT2D eigenvalue weighted by atomic mass is 9.83. The van der Waals surface area contributed by atoms with Crippen molar-refractivity contribution in [3.63, 3.8) is 0 Å². The van der Waals surface area contributed by atoms with E-state index in [9.17, 15) is 25.3 Å². The van der Waals surface area contributed by atoms with Gasteiger partial charge in [0.25, 0.3) is 0 Å². The van der Waals surface area contributed by atoms with E-state index >= 15 is 0 Å². The quantitative estimate of drug-likeness (QED) is 0.240. The van der Waals surface area contributed by atoms with Crippen LogP contribution in [0.2, 0.25) is 0 Å². The van der Waals surface area contributed by atoms with E-state index in [4.69, 9.17) is 0 Å². The van der Waals surface area contributed by atoms with E-state index in [1.54, 1.807) is 0 Å². The molecular weight excluding hydrogens is 865 g/mol. The third-order valence-electron chi connectivity index (χ3n) is 16.9. The van der Waals surface area contributed by atoms with Gasteiger partial charge in [-0.1, -0.05) is 0 Å². The van der Waals surface area contributed by atoms with Crippen LogP contribution in [0, 0.1) is 71.0 Å². The summed E-state index contributed by atoms with van der Waals surface area (Å²) in [6.45, 7) is 0. The highest BCUT2D eigenvalue weighted by Gasteiger charge is 2.32. The van der Waals surface area contributed by atoms with Gasteiger partial charge in [0.1, 0.15) is 0 Å². The first kappa shape index (κ1) is 48.8. The molecule has 10 aliphatic heterocycles. The second-order valence-electron chi connectivity index (χ2n) is 22.0. The van der Waals surface area contributed by atoms with Crippen LogP contribution in [0.5, 0.6) is 0 Å². The molecule has 0 N–H and O–H groups in total. The van der Waals surface area contributed by atoms with Crippen LogP contribution in [-0.4, -0.2) is 94.3 Å². The molecule has 12 bridgehead atoms. The van der Waals surface area contributed by atoms with Crippen LogP contribution in [0.25, 0.3) is 0 Å². The van der Waals surface area contributed by atoms with E-state index in [2.05, 4.69) is 0 Å². The van der Waals surface area contributed by atoms with Crippen molar-refractivity contribution in [2.45, 2.75) is 154 Å². The Labute approximate surface area is 381 Å². The van der Waals surface area contributed by atoms with Gasteiger partial charge in [-0.05, 0) is 225 Å². The first-order valence-corrected chi connectivity index (χ1v) is 34.1. The minimum atomic E-state index is -0.757. The molecule has 60 heavy (non-hydrogen) atoms. The van der Waals surface area contributed by atoms with E-state index in [1.807, 2.05) is 0 Å². The molecule has 12 heteroatoms. The molecular formula is C48H84O6S6. The maximum absolute atomic E-state index is 13.3. The molecule has 6 nitrogen and oxygen atoms in total. The Morgan fingerprint density at radius 2 is 0.217 bits per heavy atom. The lowest BCUT2D eigenvalue weighted by Crippen LogP contribution is -2.29. The van der Waals surface area contributed by atoms with Crippen LogP contribution in [0.3, 0.4) is 0 Å². The molecule has 0 unspecified atom stereocenters. The molecule has 6 aliphatic carbocycles. The zero-order valence-electron chi connectivity index (χ0n) is 37.3. The summed E-state index contributed by atoms with van der Waals surface area (Å²) in [5.74, 6) is 16.8. The number of hydrogen-bond acceptors (Lipinski definition) is 6. The lowest BCUT2D eigenvalue weighted by Gasteiger charge is -2.32. The zero-order valence-corrected chi connectivity index (χ0v) is 42.2. The SMILES string of the molecule is O=S1CC2CCC(CC2)CS(=O)CC2CCC(CC2)CS(=O)CC2CCC(CC2)CS(=O)CC2CCC(CC2)CS(=O)CC2CCC(CC2)CS(=O)CC2CCC(CC2)C1. The van der Waals surface area contributed by atoms with Crippen LogP contribution in [0.1, 0.15) is 154 Å². The van der Waals surface area contributed by atoms with Gasteiger partial charge in [-0.25, -0.2) is 0 Å². The highest BCUT2D eigenvalue weighted by molar-refractivity contribution is 7.86. The first-order valence-electron chi connectivity index (χ1n) is 25.2. The molecule has 0 spiro atoms. The molecule has 16 rings (SSSR count). The average molecular weight is 950 g/mol. The molecule has 16 aliphatic rings. The van der Waals surface area contributed by atoms with Crippen molar-refractivity contribution >= 4 is 64.8 Å². The summed E-state index contributed by atoms with van der Waals surface area (Å²) in [5, 5.41) is 0. The summed E-state index contributed by atoms with van der Waals surface area (Å²) in [6, 6.07) is 0. The molecule has 0 radical (unpaired) electrons. The lowest BCUT2D eigenvalue weighted by molar-refractivity contribution is 0.301. The third kappa shape index (κ3) is 16.7. The monoisotopic (exact) mass is 948 g/mol. The molecule has 10 heterocycles. The Hall–Kier alpha value is 0.900. The van der Waals surface area contributed by atoms with Crippen molar-refractivity contribution in [1.29, 1.82) is 0 Å².